The summed E-state index contributed by atoms with van der Waals surface area (Å²) in [5.74, 6) is 1.50. The van der Waals surface area contributed by atoms with Crippen LogP contribution in [0.25, 0.3) is 0 Å². The zero-order chi connectivity index (χ0) is 20.5. The van der Waals surface area contributed by atoms with Gasteiger partial charge in [-0.3, -0.25) is 19.6 Å². The van der Waals surface area contributed by atoms with Gasteiger partial charge in [0.05, 0.1) is 16.9 Å². The van der Waals surface area contributed by atoms with E-state index < -0.39 is 0 Å². The Morgan fingerprint density at radius 1 is 1.21 bits per heavy atom. The molecule has 0 amide bonds. The number of anilines is 4. The normalized spacial score (nSPS) is 15.1. The van der Waals surface area contributed by atoms with Crippen molar-refractivity contribution in [3.05, 3.63) is 57.8 Å². The smallest absolute Gasteiger partial charge is 0.266 e. The van der Waals surface area contributed by atoms with Gasteiger partial charge in [-0.15, -0.1) is 0 Å². The van der Waals surface area contributed by atoms with Crippen LogP contribution in [0.3, 0.4) is 0 Å². The highest BCUT2D eigenvalue weighted by Crippen LogP contribution is 2.32. The molecule has 1 unspecified atom stereocenters. The van der Waals surface area contributed by atoms with Crippen molar-refractivity contribution in [3.63, 3.8) is 0 Å². The molecule has 0 bridgehead atoms. The van der Waals surface area contributed by atoms with Crippen molar-refractivity contribution in [3.8, 4) is 0 Å². The van der Waals surface area contributed by atoms with Crippen LogP contribution in [-0.4, -0.2) is 38.1 Å². The van der Waals surface area contributed by atoms with Gasteiger partial charge in [0.15, 0.2) is 17.9 Å². The number of hydrogen-bond acceptors (Lipinski definition) is 10. The van der Waals surface area contributed by atoms with E-state index in [0.29, 0.717) is 23.1 Å². The van der Waals surface area contributed by atoms with Crippen LogP contribution < -0.4 is 26.6 Å². The molecule has 3 N–H and O–H groups in total. The number of aromatic nitrogens is 5. The standard InChI is InChI=1S/C18H19N9O2/c1-10-13(6-11(9-28)7-19-10)21-16-12-8-20-18(23-17(12)27(3)25-16)22-14-4-5-15(29)26(2)24-14/h4-9,16,21,25H,1-3H3,(H,20,22,23,24). The summed E-state index contributed by atoms with van der Waals surface area (Å²) < 4.78 is 1.23. The van der Waals surface area contributed by atoms with E-state index in [9.17, 15) is 9.59 Å². The molecule has 0 aromatic carbocycles. The minimum Gasteiger partial charge on any atom is -0.363 e. The lowest BCUT2D eigenvalue weighted by Crippen LogP contribution is -2.34. The Morgan fingerprint density at radius 2 is 2.03 bits per heavy atom. The number of fused-ring (bicyclic) bond motifs is 1. The molecule has 0 saturated carbocycles. The predicted molar refractivity (Wildman–Crippen MR) is 107 cm³/mol. The van der Waals surface area contributed by atoms with Crippen LogP contribution in [0, 0.1) is 6.92 Å². The lowest BCUT2D eigenvalue weighted by Gasteiger charge is -2.18. The number of rotatable bonds is 5. The second kappa shape index (κ2) is 7.28. The zero-order valence-electron chi connectivity index (χ0n) is 16.0. The summed E-state index contributed by atoms with van der Waals surface area (Å²) in [6.07, 6.45) is 3.70. The van der Waals surface area contributed by atoms with Gasteiger partial charge in [-0.1, -0.05) is 0 Å². The second-order valence-electron chi connectivity index (χ2n) is 6.56. The van der Waals surface area contributed by atoms with Crippen molar-refractivity contribution in [2.75, 3.05) is 22.7 Å². The SMILES string of the molecule is Cc1ncc(C=O)cc1NC1NN(C)c2nc(Nc3ccc(=O)n(C)n3)ncc21. The van der Waals surface area contributed by atoms with Crippen LogP contribution in [0.5, 0.6) is 0 Å². The van der Waals surface area contributed by atoms with Gasteiger partial charge in [-0.05, 0) is 19.1 Å². The van der Waals surface area contributed by atoms with E-state index in [1.807, 2.05) is 14.0 Å². The van der Waals surface area contributed by atoms with Gasteiger partial charge in [0, 0.05) is 38.1 Å². The largest absolute Gasteiger partial charge is 0.363 e. The number of nitrogens with one attached hydrogen (secondary N) is 3. The predicted octanol–water partition coefficient (Wildman–Crippen LogP) is 0.895. The molecule has 3 aromatic heterocycles. The number of aldehydes is 1. The molecule has 1 atom stereocenters. The average molecular weight is 393 g/mol. The molecule has 0 spiro atoms. The lowest BCUT2D eigenvalue weighted by atomic mass is 10.2. The summed E-state index contributed by atoms with van der Waals surface area (Å²) in [4.78, 5) is 35.6. The highest BCUT2D eigenvalue weighted by atomic mass is 16.1. The van der Waals surface area contributed by atoms with Gasteiger partial charge < -0.3 is 10.6 Å². The lowest BCUT2D eigenvalue weighted by molar-refractivity contribution is 0.112. The third kappa shape index (κ3) is 3.62. The van der Waals surface area contributed by atoms with Gasteiger partial charge in [-0.25, -0.2) is 15.1 Å². The van der Waals surface area contributed by atoms with Crippen molar-refractivity contribution in [2.45, 2.75) is 13.1 Å². The number of hydrazine groups is 1. The maximum Gasteiger partial charge on any atom is 0.266 e. The quantitative estimate of drug-likeness (QED) is 0.537. The zero-order valence-corrected chi connectivity index (χ0v) is 16.0. The molecule has 29 heavy (non-hydrogen) atoms. The van der Waals surface area contributed by atoms with E-state index in [0.717, 1.165) is 23.2 Å². The van der Waals surface area contributed by atoms with Crippen LogP contribution in [0.2, 0.25) is 0 Å². The Labute approximate surface area is 165 Å². The summed E-state index contributed by atoms with van der Waals surface area (Å²) in [5.41, 5.74) is 5.89. The maximum atomic E-state index is 11.5. The molecule has 0 radical (unpaired) electrons. The Balaban J connectivity index is 1.58. The fourth-order valence-corrected chi connectivity index (χ4v) is 2.95. The molecule has 0 aliphatic carbocycles. The Hall–Kier alpha value is -3.86. The van der Waals surface area contributed by atoms with E-state index >= 15 is 0 Å². The molecule has 3 aromatic rings. The average Bonchev–Trinajstić information content (AvgIpc) is 3.01. The first kappa shape index (κ1) is 18.5. The van der Waals surface area contributed by atoms with E-state index in [-0.39, 0.29) is 11.7 Å². The van der Waals surface area contributed by atoms with Crippen LogP contribution >= 0.6 is 0 Å². The fraction of sp³-hybridized carbons (Fsp3) is 0.222. The van der Waals surface area contributed by atoms with E-state index in [1.165, 1.54) is 16.9 Å². The first-order valence-corrected chi connectivity index (χ1v) is 8.81. The van der Waals surface area contributed by atoms with Crippen LogP contribution in [0.4, 0.5) is 23.3 Å². The van der Waals surface area contributed by atoms with Gasteiger partial charge >= 0.3 is 0 Å². The first-order chi connectivity index (χ1) is 13.9. The molecule has 148 valence electrons. The second-order valence-corrected chi connectivity index (χ2v) is 6.56. The monoisotopic (exact) mass is 393 g/mol. The Bertz CT molecular complexity index is 1140. The number of nitrogens with zero attached hydrogens (tertiary/aromatic N) is 6. The number of carbonyl (C=O) groups is 1. The van der Waals surface area contributed by atoms with Crippen LogP contribution in [0.15, 0.2) is 35.4 Å². The summed E-state index contributed by atoms with van der Waals surface area (Å²) in [5, 5.41) is 12.2. The van der Waals surface area contributed by atoms with Crippen LogP contribution in [0.1, 0.15) is 27.8 Å². The van der Waals surface area contributed by atoms with Gasteiger partial charge in [0.25, 0.3) is 5.56 Å². The minimum atomic E-state index is -0.290. The van der Waals surface area contributed by atoms with Crippen molar-refractivity contribution in [2.24, 2.45) is 7.05 Å². The molecule has 0 fully saturated rings. The third-order valence-corrected chi connectivity index (χ3v) is 4.49. The van der Waals surface area contributed by atoms with E-state index in [4.69, 9.17) is 0 Å². The van der Waals surface area contributed by atoms with E-state index in [1.54, 1.807) is 30.4 Å². The summed E-state index contributed by atoms with van der Waals surface area (Å²) in [7, 11) is 3.41. The topological polar surface area (TPSA) is 130 Å². The molecule has 1 aliphatic rings. The van der Waals surface area contributed by atoms with Crippen molar-refractivity contribution < 1.29 is 4.79 Å². The Kier molecular flexibility index (Phi) is 4.64. The van der Waals surface area contributed by atoms with Crippen molar-refractivity contribution in [1.82, 2.24) is 30.2 Å². The molecule has 0 saturated heterocycles. The van der Waals surface area contributed by atoms with Gasteiger partial charge in [0.2, 0.25) is 5.95 Å². The molecule has 11 heteroatoms. The molecule has 4 rings (SSSR count). The minimum absolute atomic E-state index is 0.202. The highest BCUT2D eigenvalue weighted by Gasteiger charge is 2.29. The first-order valence-electron chi connectivity index (χ1n) is 8.81. The summed E-state index contributed by atoms with van der Waals surface area (Å²) >= 11 is 0. The van der Waals surface area contributed by atoms with Gasteiger partial charge in [0.1, 0.15) is 6.17 Å². The highest BCUT2D eigenvalue weighted by molar-refractivity contribution is 5.77. The molecule has 1 aliphatic heterocycles. The maximum absolute atomic E-state index is 11.5. The number of hydrogen-bond donors (Lipinski definition) is 3. The molecular weight excluding hydrogens is 374 g/mol. The fourth-order valence-electron chi connectivity index (χ4n) is 2.95. The van der Waals surface area contributed by atoms with Gasteiger partial charge in [-0.2, -0.15) is 10.1 Å². The third-order valence-electron chi connectivity index (χ3n) is 4.49. The van der Waals surface area contributed by atoms with Crippen molar-refractivity contribution >= 4 is 29.6 Å². The van der Waals surface area contributed by atoms with Crippen LogP contribution in [-0.2, 0) is 7.05 Å². The Morgan fingerprint density at radius 3 is 2.79 bits per heavy atom. The summed E-state index contributed by atoms with van der Waals surface area (Å²) in [6.45, 7) is 1.86. The van der Waals surface area contributed by atoms with Crippen molar-refractivity contribution in [1.29, 1.82) is 0 Å². The number of carbonyl (C=O) groups excluding carboxylic acids is 1. The number of pyridine rings is 1. The summed E-state index contributed by atoms with van der Waals surface area (Å²) in [6, 6.07) is 4.73. The van der Waals surface area contributed by atoms with E-state index in [2.05, 4.69) is 36.1 Å². The number of aryl methyl sites for hydroxylation is 2. The molecule has 11 nitrogen and oxygen atoms in total. The molecule has 4 heterocycles. The molecular formula is C18H19N9O2.